The standard InChI is InChI=1S/C20H26N6.2ClH/c1-15(19(21)25-17-9-5-3-6-10-17)13-23-24-14-16(2)20(22)26-18-11-7-4-8-12-18;;/h3-12,15-16H,13-14H2,1-2H3,(H2,21,25)(H2,22,26);2*1H/t15-,16?;;/m1../s1. The first-order chi connectivity index (χ1) is 12.6. The zero-order valence-electron chi connectivity index (χ0n) is 16.1. The molecule has 0 aliphatic carbocycles. The van der Waals surface area contributed by atoms with E-state index in [1.54, 1.807) is 0 Å². The molecule has 0 bridgehead atoms. The fraction of sp³-hybridized carbons (Fsp3) is 0.300. The minimum absolute atomic E-state index is 0. The highest BCUT2D eigenvalue weighted by Gasteiger charge is 2.08. The van der Waals surface area contributed by atoms with E-state index >= 15 is 0 Å². The van der Waals surface area contributed by atoms with Crippen LogP contribution in [0.5, 0.6) is 0 Å². The van der Waals surface area contributed by atoms with Crippen LogP contribution >= 0.6 is 24.8 Å². The lowest BCUT2D eigenvalue weighted by Crippen LogP contribution is -2.24. The van der Waals surface area contributed by atoms with Crippen molar-refractivity contribution in [2.75, 3.05) is 13.1 Å². The third kappa shape index (κ3) is 8.97. The molecule has 0 saturated heterocycles. The summed E-state index contributed by atoms with van der Waals surface area (Å²) in [6.45, 7) is 4.94. The first-order valence-electron chi connectivity index (χ1n) is 8.67. The number of para-hydroxylation sites is 2. The van der Waals surface area contributed by atoms with Gasteiger partial charge in [-0.3, -0.25) is 0 Å². The summed E-state index contributed by atoms with van der Waals surface area (Å²) in [4.78, 5) is 8.80. The predicted molar refractivity (Wildman–Crippen MR) is 123 cm³/mol. The second-order valence-corrected chi connectivity index (χ2v) is 6.19. The maximum atomic E-state index is 6.03. The van der Waals surface area contributed by atoms with E-state index in [2.05, 4.69) is 20.2 Å². The maximum Gasteiger partial charge on any atom is 0.104 e. The van der Waals surface area contributed by atoms with Crippen molar-refractivity contribution < 1.29 is 0 Å². The van der Waals surface area contributed by atoms with Crippen molar-refractivity contribution in [1.82, 2.24) is 0 Å². The van der Waals surface area contributed by atoms with E-state index < -0.39 is 0 Å². The SMILES string of the molecule is CC(CN=NC[C@@H](C)C(N)=Nc1ccccc1)C(N)=Nc1ccccc1.Cl.Cl. The summed E-state index contributed by atoms with van der Waals surface area (Å²) in [5.74, 6) is 1.14. The molecule has 2 atom stereocenters. The molecular formula is C20H28Cl2N6. The fourth-order valence-corrected chi connectivity index (χ4v) is 2.07. The number of hydrogen-bond acceptors (Lipinski definition) is 4. The molecule has 0 fully saturated rings. The van der Waals surface area contributed by atoms with Crippen LogP contribution in [0.3, 0.4) is 0 Å². The molecule has 0 aliphatic rings. The van der Waals surface area contributed by atoms with Crippen molar-refractivity contribution in [2.45, 2.75) is 13.8 Å². The Hall–Kier alpha value is -2.44. The van der Waals surface area contributed by atoms with Crippen molar-refractivity contribution in [3.8, 4) is 0 Å². The first kappa shape index (κ1) is 25.6. The van der Waals surface area contributed by atoms with Crippen LogP contribution in [-0.4, -0.2) is 24.8 Å². The lowest BCUT2D eigenvalue weighted by atomic mass is 10.1. The Morgan fingerprint density at radius 2 is 1.00 bits per heavy atom. The number of azo groups is 1. The molecule has 0 saturated carbocycles. The molecule has 2 aromatic rings. The molecule has 0 spiro atoms. The lowest BCUT2D eigenvalue weighted by molar-refractivity contribution is 0.683. The van der Waals surface area contributed by atoms with Crippen molar-refractivity contribution in [1.29, 1.82) is 0 Å². The van der Waals surface area contributed by atoms with Gasteiger partial charge in [-0.1, -0.05) is 50.2 Å². The zero-order chi connectivity index (χ0) is 18.8. The molecule has 28 heavy (non-hydrogen) atoms. The average molecular weight is 423 g/mol. The molecular weight excluding hydrogens is 395 g/mol. The summed E-state index contributed by atoms with van der Waals surface area (Å²) < 4.78 is 0. The highest BCUT2D eigenvalue weighted by atomic mass is 35.5. The molecule has 6 nitrogen and oxygen atoms in total. The van der Waals surface area contributed by atoms with Crippen LogP contribution in [0.25, 0.3) is 0 Å². The van der Waals surface area contributed by atoms with Crippen LogP contribution in [0.4, 0.5) is 11.4 Å². The highest BCUT2D eigenvalue weighted by Crippen LogP contribution is 2.13. The van der Waals surface area contributed by atoms with Gasteiger partial charge >= 0.3 is 0 Å². The highest BCUT2D eigenvalue weighted by molar-refractivity contribution is 5.86. The Labute approximate surface area is 179 Å². The van der Waals surface area contributed by atoms with E-state index in [1.165, 1.54) is 0 Å². The number of nitrogens with two attached hydrogens (primary N) is 2. The van der Waals surface area contributed by atoms with Gasteiger partial charge in [-0.05, 0) is 24.3 Å². The van der Waals surface area contributed by atoms with E-state index in [-0.39, 0.29) is 36.6 Å². The molecule has 152 valence electrons. The average Bonchev–Trinajstić information content (AvgIpc) is 2.66. The van der Waals surface area contributed by atoms with Crippen LogP contribution in [-0.2, 0) is 0 Å². The van der Waals surface area contributed by atoms with E-state index in [0.29, 0.717) is 24.8 Å². The topological polar surface area (TPSA) is 101 Å². The maximum absolute atomic E-state index is 6.03. The fourth-order valence-electron chi connectivity index (χ4n) is 2.07. The van der Waals surface area contributed by atoms with Gasteiger partial charge < -0.3 is 11.5 Å². The normalized spacial score (nSPS) is 14.1. The van der Waals surface area contributed by atoms with Gasteiger partial charge in [-0.15, -0.1) is 24.8 Å². The van der Waals surface area contributed by atoms with Gasteiger partial charge in [0.15, 0.2) is 0 Å². The van der Waals surface area contributed by atoms with Crippen molar-refractivity contribution in [2.24, 2.45) is 43.5 Å². The molecule has 0 heterocycles. The summed E-state index contributed by atoms with van der Waals surface area (Å²) in [6, 6.07) is 19.3. The number of aliphatic imine (C=N–C) groups is 2. The quantitative estimate of drug-likeness (QED) is 0.357. The second-order valence-electron chi connectivity index (χ2n) is 6.19. The molecule has 2 aromatic carbocycles. The first-order valence-corrected chi connectivity index (χ1v) is 8.67. The summed E-state index contributed by atoms with van der Waals surface area (Å²) in [7, 11) is 0. The molecule has 0 radical (unpaired) electrons. The molecule has 8 heteroatoms. The third-order valence-corrected chi connectivity index (χ3v) is 3.85. The number of benzene rings is 2. The Balaban J connectivity index is 0.00000364. The zero-order valence-corrected chi connectivity index (χ0v) is 17.7. The Morgan fingerprint density at radius 1 is 0.679 bits per heavy atom. The largest absolute Gasteiger partial charge is 0.387 e. The summed E-state index contributed by atoms with van der Waals surface area (Å²) in [6.07, 6.45) is 0. The van der Waals surface area contributed by atoms with Gasteiger partial charge in [-0.2, -0.15) is 10.2 Å². The van der Waals surface area contributed by atoms with Crippen LogP contribution in [0.2, 0.25) is 0 Å². The van der Waals surface area contributed by atoms with Crippen LogP contribution in [0.15, 0.2) is 80.9 Å². The number of hydrogen-bond donors (Lipinski definition) is 2. The minimum atomic E-state index is 0. The van der Waals surface area contributed by atoms with Crippen molar-refractivity contribution in [3.63, 3.8) is 0 Å². The molecule has 4 N–H and O–H groups in total. The monoisotopic (exact) mass is 422 g/mol. The van der Waals surface area contributed by atoms with E-state index in [4.69, 9.17) is 11.5 Å². The van der Waals surface area contributed by atoms with Crippen molar-refractivity contribution in [3.05, 3.63) is 60.7 Å². The predicted octanol–water partition coefficient (Wildman–Crippen LogP) is 4.93. The van der Waals surface area contributed by atoms with E-state index in [9.17, 15) is 0 Å². The smallest absolute Gasteiger partial charge is 0.104 e. The van der Waals surface area contributed by atoms with Gasteiger partial charge in [0.25, 0.3) is 0 Å². The molecule has 0 aromatic heterocycles. The Kier molecular flexibility index (Phi) is 12.5. The van der Waals surface area contributed by atoms with Crippen LogP contribution in [0.1, 0.15) is 13.8 Å². The molecule has 0 amide bonds. The van der Waals surface area contributed by atoms with Gasteiger partial charge in [0.1, 0.15) is 11.7 Å². The summed E-state index contributed by atoms with van der Waals surface area (Å²) in [5.41, 5.74) is 13.7. The number of halogens is 2. The number of amidine groups is 2. The van der Waals surface area contributed by atoms with Gasteiger partial charge in [-0.25, -0.2) is 9.98 Å². The Morgan fingerprint density at radius 3 is 1.32 bits per heavy atom. The van der Waals surface area contributed by atoms with E-state index in [0.717, 1.165) is 11.4 Å². The summed E-state index contributed by atoms with van der Waals surface area (Å²) in [5, 5.41) is 8.43. The summed E-state index contributed by atoms with van der Waals surface area (Å²) >= 11 is 0. The van der Waals surface area contributed by atoms with Gasteiger partial charge in [0.2, 0.25) is 0 Å². The van der Waals surface area contributed by atoms with Gasteiger partial charge in [0.05, 0.1) is 24.5 Å². The van der Waals surface area contributed by atoms with Crippen molar-refractivity contribution >= 4 is 47.9 Å². The Bertz CT molecular complexity index is 697. The lowest BCUT2D eigenvalue weighted by Gasteiger charge is -2.09. The van der Waals surface area contributed by atoms with E-state index in [1.807, 2.05) is 74.5 Å². The van der Waals surface area contributed by atoms with Crippen LogP contribution < -0.4 is 11.5 Å². The molecule has 2 rings (SSSR count). The minimum Gasteiger partial charge on any atom is -0.387 e. The second kappa shape index (κ2) is 13.7. The van der Waals surface area contributed by atoms with Crippen LogP contribution in [0, 0.1) is 11.8 Å². The molecule has 1 unspecified atom stereocenters. The van der Waals surface area contributed by atoms with Gasteiger partial charge in [0, 0.05) is 11.8 Å². The third-order valence-electron chi connectivity index (χ3n) is 3.85. The molecule has 0 aliphatic heterocycles. The number of nitrogens with zero attached hydrogens (tertiary/aromatic N) is 4. The number of rotatable bonds is 8.